The van der Waals surface area contributed by atoms with Gasteiger partial charge < -0.3 is 55.1 Å². The van der Waals surface area contributed by atoms with Crippen LogP contribution in [0.3, 0.4) is 0 Å². The van der Waals surface area contributed by atoms with Gasteiger partial charge in [0, 0.05) is 0 Å². The largest absolute Gasteiger partial charge is 0.394 e. The van der Waals surface area contributed by atoms with Crippen LogP contribution in [0, 0.1) is 0 Å². The maximum atomic E-state index is 10.1. The Hall–Kier alpha value is -0.440. The molecule has 10 atom stereocenters. The summed E-state index contributed by atoms with van der Waals surface area (Å²) in [6, 6.07) is 0. The van der Waals surface area contributed by atoms with E-state index < -0.39 is 74.1 Å². The molecule has 0 radical (unpaired) electrons. The first-order chi connectivity index (χ1) is 11.2. The normalized spacial score (nSPS) is 53.1. The van der Waals surface area contributed by atoms with Crippen LogP contribution in [0.2, 0.25) is 0 Å². The fourth-order valence-corrected chi connectivity index (χ4v) is 2.79. The van der Waals surface area contributed by atoms with Gasteiger partial charge in [-0.05, 0) is 6.92 Å². The summed E-state index contributed by atoms with van der Waals surface area (Å²) in [6.07, 6.45) is -14.2. The molecule has 8 N–H and O–H groups in total. The highest BCUT2D eigenvalue weighted by atomic mass is 16.8. The van der Waals surface area contributed by atoms with Crippen LogP contribution in [-0.2, 0) is 14.2 Å². The van der Waals surface area contributed by atoms with E-state index in [-0.39, 0.29) is 0 Å². The molecule has 2 rings (SSSR count). The van der Waals surface area contributed by atoms with Crippen LogP contribution in [0.4, 0.5) is 0 Å². The lowest BCUT2D eigenvalue weighted by molar-refractivity contribution is -0.416. The Morgan fingerprint density at radius 2 is 1.33 bits per heavy atom. The molecular formula is C13H24O11. The van der Waals surface area contributed by atoms with E-state index >= 15 is 0 Å². The molecule has 0 aromatic heterocycles. The highest BCUT2D eigenvalue weighted by Crippen LogP contribution is 2.34. The smallest absolute Gasteiger partial charge is 0.197 e. The minimum atomic E-state index is -2.01. The average molecular weight is 356 g/mol. The molecule has 142 valence electrons. The number of ether oxygens (including phenoxy) is 3. The Kier molecular flexibility index (Phi) is 6.16. The summed E-state index contributed by atoms with van der Waals surface area (Å²) in [5.41, 5.74) is 0. The van der Waals surface area contributed by atoms with Gasteiger partial charge in [0.05, 0.1) is 13.2 Å². The Morgan fingerprint density at radius 1 is 0.792 bits per heavy atom. The number of aliphatic hydroxyl groups is 8. The molecule has 2 heterocycles. The zero-order valence-electron chi connectivity index (χ0n) is 12.9. The van der Waals surface area contributed by atoms with E-state index in [1.165, 1.54) is 6.92 Å². The van der Waals surface area contributed by atoms with Crippen LogP contribution in [0.15, 0.2) is 0 Å². The molecule has 0 spiro atoms. The van der Waals surface area contributed by atoms with Gasteiger partial charge in [0.25, 0.3) is 0 Å². The molecule has 0 aromatic rings. The second-order valence-electron chi connectivity index (χ2n) is 6.10. The third kappa shape index (κ3) is 3.43. The number of hydrogen-bond acceptors (Lipinski definition) is 11. The monoisotopic (exact) mass is 356 g/mol. The van der Waals surface area contributed by atoms with Crippen LogP contribution in [-0.4, -0.2) is 115 Å². The van der Waals surface area contributed by atoms with Gasteiger partial charge in [0.2, 0.25) is 0 Å². The predicted octanol–water partition coefficient (Wildman–Crippen LogP) is -5.01. The van der Waals surface area contributed by atoms with E-state index in [1.807, 2.05) is 0 Å². The number of rotatable bonds is 4. The van der Waals surface area contributed by atoms with Crippen molar-refractivity contribution in [1.82, 2.24) is 0 Å². The lowest BCUT2D eigenvalue weighted by atomic mass is 9.93. The van der Waals surface area contributed by atoms with E-state index in [2.05, 4.69) is 0 Å². The molecule has 11 heteroatoms. The molecule has 2 aliphatic rings. The van der Waals surface area contributed by atoms with Crippen molar-refractivity contribution in [2.75, 3.05) is 13.2 Å². The highest BCUT2D eigenvalue weighted by Gasteiger charge is 2.55. The Balaban J connectivity index is 2.18. The third-order valence-corrected chi connectivity index (χ3v) is 4.36. The van der Waals surface area contributed by atoms with Crippen molar-refractivity contribution >= 4 is 0 Å². The summed E-state index contributed by atoms with van der Waals surface area (Å²) in [5.74, 6) is -2.01. The van der Waals surface area contributed by atoms with Gasteiger partial charge in [-0.15, -0.1) is 0 Å². The molecular weight excluding hydrogens is 332 g/mol. The molecule has 0 saturated carbocycles. The van der Waals surface area contributed by atoms with Crippen molar-refractivity contribution in [2.45, 2.75) is 67.8 Å². The zero-order valence-corrected chi connectivity index (χ0v) is 12.9. The van der Waals surface area contributed by atoms with E-state index in [0.717, 1.165) is 0 Å². The van der Waals surface area contributed by atoms with Gasteiger partial charge in [-0.25, -0.2) is 0 Å². The summed E-state index contributed by atoms with van der Waals surface area (Å²) < 4.78 is 15.8. The summed E-state index contributed by atoms with van der Waals surface area (Å²) in [6.45, 7) is -0.180. The molecule has 0 aliphatic carbocycles. The lowest BCUT2D eigenvalue weighted by Crippen LogP contribution is -2.68. The zero-order chi connectivity index (χ0) is 18.2. The van der Waals surface area contributed by atoms with Crippen molar-refractivity contribution in [3.05, 3.63) is 0 Å². The topological polar surface area (TPSA) is 190 Å². The quantitative estimate of drug-likeness (QED) is 0.241. The molecule has 11 nitrogen and oxygen atoms in total. The maximum absolute atomic E-state index is 10.1. The van der Waals surface area contributed by atoms with Crippen LogP contribution in [0.25, 0.3) is 0 Å². The summed E-state index contributed by atoms with van der Waals surface area (Å²) in [4.78, 5) is 0. The van der Waals surface area contributed by atoms with Gasteiger partial charge in [-0.1, -0.05) is 0 Å². The van der Waals surface area contributed by atoms with Crippen molar-refractivity contribution in [2.24, 2.45) is 0 Å². The molecule has 0 unspecified atom stereocenters. The summed E-state index contributed by atoms with van der Waals surface area (Å²) in [7, 11) is 0. The molecule has 2 aliphatic heterocycles. The molecule has 2 fully saturated rings. The second kappa shape index (κ2) is 7.43. The van der Waals surface area contributed by atoms with E-state index in [1.54, 1.807) is 0 Å². The third-order valence-electron chi connectivity index (χ3n) is 4.36. The average Bonchev–Trinajstić information content (AvgIpc) is 2.57. The van der Waals surface area contributed by atoms with Gasteiger partial charge >= 0.3 is 0 Å². The van der Waals surface area contributed by atoms with Crippen molar-refractivity contribution in [3.8, 4) is 0 Å². The SMILES string of the molecule is C[C@]1(O[C@@H]2O[C@H](CO)[C@H](O)[C@H](O)[C@H]2O)O[C@H](CO)[C@H](O)[C@H](O)[C@H]1O. The molecule has 2 saturated heterocycles. The van der Waals surface area contributed by atoms with Gasteiger partial charge in [0.15, 0.2) is 12.1 Å². The van der Waals surface area contributed by atoms with Gasteiger partial charge in [0.1, 0.15) is 48.8 Å². The Labute approximate surface area is 137 Å². The maximum Gasteiger partial charge on any atom is 0.197 e. The van der Waals surface area contributed by atoms with E-state index in [0.29, 0.717) is 0 Å². The second-order valence-corrected chi connectivity index (χ2v) is 6.10. The first-order valence-electron chi connectivity index (χ1n) is 7.47. The first kappa shape index (κ1) is 19.9. The fraction of sp³-hybridized carbons (Fsp3) is 1.00. The van der Waals surface area contributed by atoms with Crippen molar-refractivity contribution in [3.63, 3.8) is 0 Å². The van der Waals surface area contributed by atoms with Gasteiger partial charge in [-0.2, -0.15) is 0 Å². The minimum absolute atomic E-state index is 0.675. The molecule has 0 amide bonds. The van der Waals surface area contributed by atoms with Crippen LogP contribution >= 0.6 is 0 Å². The first-order valence-corrected chi connectivity index (χ1v) is 7.47. The van der Waals surface area contributed by atoms with Crippen LogP contribution in [0.5, 0.6) is 0 Å². The minimum Gasteiger partial charge on any atom is -0.394 e. The molecule has 0 aromatic carbocycles. The number of hydrogen-bond donors (Lipinski definition) is 8. The predicted molar refractivity (Wildman–Crippen MR) is 73.2 cm³/mol. The highest BCUT2D eigenvalue weighted by molar-refractivity contribution is 4.96. The Bertz CT molecular complexity index is 419. The molecule has 0 bridgehead atoms. The van der Waals surface area contributed by atoms with Crippen LogP contribution in [0.1, 0.15) is 6.92 Å². The number of aliphatic hydroxyl groups excluding tert-OH is 8. The molecule has 24 heavy (non-hydrogen) atoms. The van der Waals surface area contributed by atoms with Gasteiger partial charge in [-0.3, -0.25) is 0 Å². The lowest BCUT2D eigenvalue weighted by Gasteiger charge is -2.49. The Morgan fingerprint density at radius 3 is 1.88 bits per heavy atom. The van der Waals surface area contributed by atoms with E-state index in [9.17, 15) is 35.7 Å². The van der Waals surface area contributed by atoms with Crippen molar-refractivity contribution in [1.29, 1.82) is 0 Å². The van der Waals surface area contributed by atoms with Crippen LogP contribution < -0.4 is 0 Å². The fourth-order valence-electron chi connectivity index (χ4n) is 2.79. The summed E-state index contributed by atoms with van der Waals surface area (Å²) >= 11 is 0. The summed E-state index contributed by atoms with van der Waals surface area (Å²) in [5, 5.41) is 77.4. The van der Waals surface area contributed by atoms with E-state index in [4.69, 9.17) is 19.3 Å². The standard InChI is InChI=1S/C13H24O11/c1-13(11(21)9(19)7(17)5(3-15)23-13)24-12-10(20)8(18)6(16)4(2-14)22-12/h4-12,14-21H,2-3H2,1H3/t4-,5-,6+,7+,8+,9+,10-,11-,12+,13-/m1/s1. The van der Waals surface area contributed by atoms with Crippen molar-refractivity contribution < 1.29 is 55.1 Å².